The Labute approximate surface area is 161 Å². The predicted octanol–water partition coefficient (Wildman–Crippen LogP) is 4.54. The van der Waals surface area contributed by atoms with Crippen molar-refractivity contribution in [3.8, 4) is 0 Å². The van der Waals surface area contributed by atoms with Gasteiger partial charge in [-0.3, -0.25) is 4.79 Å². The van der Waals surface area contributed by atoms with Crippen molar-refractivity contribution in [2.45, 2.75) is 12.8 Å². The Balaban J connectivity index is 1.70. The molecule has 0 atom stereocenters. The molecule has 0 bridgehead atoms. The molecule has 27 heavy (non-hydrogen) atoms. The third kappa shape index (κ3) is 3.40. The monoisotopic (exact) mass is 380 g/mol. The topological polar surface area (TPSA) is 58.6 Å². The average Bonchev–Trinajstić information content (AvgIpc) is 3.37. The maximum absolute atomic E-state index is 13.0. The van der Waals surface area contributed by atoms with E-state index in [-0.39, 0.29) is 5.91 Å². The lowest BCUT2D eigenvalue weighted by atomic mass is 10.1. The molecule has 2 aromatic carbocycles. The van der Waals surface area contributed by atoms with Crippen LogP contribution in [0.25, 0.3) is 10.1 Å². The number of carbonyl (C=O) groups excluding carboxylic acids is 2. The van der Waals surface area contributed by atoms with Crippen molar-refractivity contribution in [2.75, 3.05) is 30.4 Å². The van der Waals surface area contributed by atoms with E-state index in [0.29, 0.717) is 16.8 Å². The summed E-state index contributed by atoms with van der Waals surface area (Å²) in [5.74, 6) is -0.589. The van der Waals surface area contributed by atoms with Gasteiger partial charge < -0.3 is 15.0 Å². The van der Waals surface area contributed by atoms with Crippen LogP contribution in [0.15, 0.2) is 47.8 Å². The zero-order valence-corrected chi connectivity index (χ0v) is 15.8. The van der Waals surface area contributed by atoms with Crippen LogP contribution in [0, 0.1) is 0 Å². The van der Waals surface area contributed by atoms with Crippen LogP contribution in [-0.2, 0) is 4.74 Å². The van der Waals surface area contributed by atoms with Crippen LogP contribution in [0.3, 0.4) is 0 Å². The summed E-state index contributed by atoms with van der Waals surface area (Å²) in [4.78, 5) is 27.1. The van der Waals surface area contributed by atoms with E-state index in [1.165, 1.54) is 7.11 Å². The number of fused-ring (bicyclic) bond motifs is 1. The van der Waals surface area contributed by atoms with Crippen molar-refractivity contribution >= 4 is 44.7 Å². The lowest BCUT2D eigenvalue weighted by molar-refractivity contribution is 0.0600. The first kappa shape index (κ1) is 17.5. The van der Waals surface area contributed by atoms with Gasteiger partial charge in [0.2, 0.25) is 0 Å². The second kappa shape index (κ2) is 7.40. The van der Waals surface area contributed by atoms with E-state index < -0.39 is 5.97 Å². The highest BCUT2D eigenvalue weighted by molar-refractivity contribution is 7.17. The molecule has 1 N–H and O–H groups in total. The molecule has 2 heterocycles. The number of esters is 1. The second-order valence-corrected chi connectivity index (χ2v) is 7.43. The van der Waals surface area contributed by atoms with Crippen LogP contribution in [-0.4, -0.2) is 32.1 Å². The number of carbonyl (C=O) groups is 2. The molecule has 0 unspecified atom stereocenters. The SMILES string of the molecule is COC(=O)c1ccc(N2CCCC2)c(NC(=O)c2csc3ccccc23)c1. The highest BCUT2D eigenvalue weighted by atomic mass is 32.1. The number of nitrogens with one attached hydrogen (secondary N) is 1. The standard InChI is InChI=1S/C21H20N2O3S/c1-26-21(25)14-8-9-18(23-10-4-5-11-23)17(12-14)22-20(24)16-13-27-19-7-3-2-6-15(16)19/h2-3,6-9,12-13H,4-5,10-11H2,1H3,(H,22,24). The highest BCUT2D eigenvalue weighted by Gasteiger charge is 2.20. The van der Waals surface area contributed by atoms with Crippen molar-refractivity contribution in [1.82, 2.24) is 0 Å². The third-order valence-electron chi connectivity index (χ3n) is 4.84. The molecular formula is C21H20N2O3S. The van der Waals surface area contributed by atoms with E-state index in [1.54, 1.807) is 23.5 Å². The molecule has 1 aliphatic heterocycles. The maximum Gasteiger partial charge on any atom is 0.337 e. The smallest absolute Gasteiger partial charge is 0.337 e. The number of anilines is 2. The minimum atomic E-state index is -0.417. The van der Waals surface area contributed by atoms with E-state index in [9.17, 15) is 9.59 Å². The second-order valence-electron chi connectivity index (χ2n) is 6.52. The van der Waals surface area contributed by atoms with Gasteiger partial charge in [0.1, 0.15) is 0 Å². The summed E-state index contributed by atoms with van der Waals surface area (Å²) in [5.41, 5.74) is 2.64. The van der Waals surface area contributed by atoms with Gasteiger partial charge in [0.15, 0.2) is 0 Å². The van der Waals surface area contributed by atoms with Gasteiger partial charge >= 0.3 is 5.97 Å². The summed E-state index contributed by atoms with van der Waals surface area (Å²) in [7, 11) is 1.35. The van der Waals surface area contributed by atoms with E-state index in [4.69, 9.17) is 4.74 Å². The Morgan fingerprint density at radius 3 is 2.67 bits per heavy atom. The van der Waals surface area contributed by atoms with Crippen molar-refractivity contribution in [1.29, 1.82) is 0 Å². The number of benzene rings is 2. The van der Waals surface area contributed by atoms with Crippen LogP contribution < -0.4 is 10.2 Å². The van der Waals surface area contributed by atoms with E-state index in [1.807, 2.05) is 35.7 Å². The molecule has 0 radical (unpaired) electrons. The fourth-order valence-corrected chi connectivity index (χ4v) is 4.40. The lowest BCUT2D eigenvalue weighted by Gasteiger charge is -2.22. The quantitative estimate of drug-likeness (QED) is 0.675. The Hall–Kier alpha value is -2.86. The van der Waals surface area contributed by atoms with E-state index in [2.05, 4.69) is 10.2 Å². The third-order valence-corrected chi connectivity index (χ3v) is 5.80. The summed E-state index contributed by atoms with van der Waals surface area (Å²) >= 11 is 1.55. The number of hydrogen-bond donors (Lipinski definition) is 1. The van der Waals surface area contributed by atoms with Gasteiger partial charge in [-0.2, -0.15) is 0 Å². The average molecular weight is 380 g/mol. The molecule has 1 aliphatic rings. The molecule has 0 spiro atoms. The molecule has 0 aliphatic carbocycles. The van der Waals surface area contributed by atoms with Crippen LogP contribution in [0.2, 0.25) is 0 Å². The number of amides is 1. The molecular weight excluding hydrogens is 360 g/mol. The van der Waals surface area contributed by atoms with Gasteiger partial charge in [-0.25, -0.2) is 4.79 Å². The van der Waals surface area contributed by atoms with Gasteiger partial charge in [0, 0.05) is 28.6 Å². The Morgan fingerprint density at radius 1 is 1.11 bits per heavy atom. The first-order chi connectivity index (χ1) is 13.2. The molecule has 1 aromatic heterocycles. The number of nitrogens with zero attached hydrogens (tertiary/aromatic N) is 1. The summed E-state index contributed by atoms with van der Waals surface area (Å²) < 4.78 is 5.90. The van der Waals surface area contributed by atoms with Crippen LogP contribution in [0.1, 0.15) is 33.6 Å². The molecule has 6 heteroatoms. The first-order valence-electron chi connectivity index (χ1n) is 8.92. The molecule has 1 amide bonds. The van der Waals surface area contributed by atoms with Gasteiger partial charge in [-0.1, -0.05) is 18.2 Å². The molecule has 5 nitrogen and oxygen atoms in total. The Bertz CT molecular complexity index is 1010. The Morgan fingerprint density at radius 2 is 1.89 bits per heavy atom. The van der Waals surface area contributed by atoms with Gasteiger partial charge in [-0.15, -0.1) is 11.3 Å². The minimum Gasteiger partial charge on any atom is -0.465 e. The summed E-state index contributed by atoms with van der Waals surface area (Å²) in [6, 6.07) is 13.2. The van der Waals surface area contributed by atoms with Crippen LogP contribution in [0.5, 0.6) is 0 Å². The maximum atomic E-state index is 13.0. The summed E-state index contributed by atoms with van der Waals surface area (Å²) in [6.45, 7) is 1.89. The number of thiophene rings is 1. The number of ether oxygens (including phenoxy) is 1. The van der Waals surface area contributed by atoms with Crippen molar-refractivity contribution < 1.29 is 14.3 Å². The molecule has 3 aromatic rings. The minimum absolute atomic E-state index is 0.171. The van der Waals surface area contributed by atoms with E-state index >= 15 is 0 Å². The number of hydrogen-bond acceptors (Lipinski definition) is 5. The molecule has 0 saturated carbocycles. The van der Waals surface area contributed by atoms with Crippen molar-refractivity contribution in [3.63, 3.8) is 0 Å². The van der Waals surface area contributed by atoms with Crippen molar-refractivity contribution in [2.24, 2.45) is 0 Å². The highest BCUT2D eigenvalue weighted by Crippen LogP contribution is 2.32. The first-order valence-corrected chi connectivity index (χ1v) is 9.80. The summed E-state index contributed by atoms with van der Waals surface area (Å²) in [6.07, 6.45) is 2.25. The fourth-order valence-electron chi connectivity index (χ4n) is 3.46. The largest absolute Gasteiger partial charge is 0.465 e. The fraction of sp³-hybridized carbons (Fsp3) is 0.238. The van der Waals surface area contributed by atoms with Crippen LogP contribution >= 0.6 is 11.3 Å². The summed E-state index contributed by atoms with van der Waals surface area (Å²) in [5, 5.41) is 5.83. The zero-order chi connectivity index (χ0) is 18.8. The lowest BCUT2D eigenvalue weighted by Crippen LogP contribution is -2.21. The van der Waals surface area contributed by atoms with Crippen LogP contribution in [0.4, 0.5) is 11.4 Å². The molecule has 1 saturated heterocycles. The van der Waals surface area contributed by atoms with E-state index in [0.717, 1.165) is 41.7 Å². The number of rotatable bonds is 4. The molecule has 138 valence electrons. The number of methoxy groups -OCH3 is 1. The normalized spacial score (nSPS) is 13.7. The zero-order valence-electron chi connectivity index (χ0n) is 15.0. The van der Waals surface area contributed by atoms with Gasteiger partial charge in [0.25, 0.3) is 5.91 Å². The predicted molar refractivity (Wildman–Crippen MR) is 109 cm³/mol. The molecule has 1 fully saturated rings. The molecule has 4 rings (SSSR count). The van der Waals surface area contributed by atoms with Gasteiger partial charge in [0.05, 0.1) is 29.6 Å². The van der Waals surface area contributed by atoms with Gasteiger partial charge in [-0.05, 0) is 37.1 Å². The Kier molecular flexibility index (Phi) is 4.81. The van der Waals surface area contributed by atoms with Crippen molar-refractivity contribution in [3.05, 3.63) is 59.0 Å².